The zero-order valence-electron chi connectivity index (χ0n) is 9.73. The number of nitrogens with zero attached hydrogens (tertiary/aromatic N) is 2. The van der Waals surface area contributed by atoms with Crippen LogP contribution in [-0.2, 0) is 4.79 Å². The SMILES string of the molecule is CN1C(=O)C(CO)N(C2CC2)CC1(C)C. The van der Waals surface area contributed by atoms with Crippen molar-refractivity contribution in [3.05, 3.63) is 0 Å². The van der Waals surface area contributed by atoms with Gasteiger partial charge in [0, 0.05) is 25.2 Å². The molecule has 1 unspecified atom stereocenters. The van der Waals surface area contributed by atoms with E-state index in [1.54, 1.807) is 4.90 Å². The molecule has 1 saturated carbocycles. The number of aliphatic hydroxyl groups is 1. The molecule has 4 nitrogen and oxygen atoms in total. The molecule has 1 aliphatic heterocycles. The maximum absolute atomic E-state index is 12.0. The minimum absolute atomic E-state index is 0.0562. The molecule has 0 spiro atoms. The Hall–Kier alpha value is -0.610. The fourth-order valence-electron chi connectivity index (χ4n) is 2.30. The first-order valence-electron chi connectivity index (χ1n) is 5.61. The summed E-state index contributed by atoms with van der Waals surface area (Å²) in [6, 6.07) is 0.217. The predicted octanol–water partition coefficient (Wildman–Crippen LogP) is 0.0623. The lowest BCUT2D eigenvalue weighted by atomic mass is 9.95. The van der Waals surface area contributed by atoms with E-state index in [-0.39, 0.29) is 24.1 Å². The van der Waals surface area contributed by atoms with Gasteiger partial charge in [-0.1, -0.05) is 0 Å². The molecular weight excluding hydrogens is 192 g/mol. The molecule has 0 aromatic rings. The van der Waals surface area contributed by atoms with Gasteiger partial charge >= 0.3 is 0 Å². The lowest BCUT2D eigenvalue weighted by Crippen LogP contribution is -2.66. The Morgan fingerprint density at radius 3 is 2.53 bits per heavy atom. The molecule has 86 valence electrons. The Balaban J connectivity index is 2.20. The van der Waals surface area contributed by atoms with E-state index in [1.165, 1.54) is 12.8 Å². The molecule has 1 amide bonds. The van der Waals surface area contributed by atoms with Crippen molar-refractivity contribution >= 4 is 5.91 Å². The fourth-order valence-corrected chi connectivity index (χ4v) is 2.30. The van der Waals surface area contributed by atoms with E-state index in [9.17, 15) is 9.90 Å². The van der Waals surface area contributed by atoms with Gasteiger partial charge in [-0.25, -0.2) is 0 Å². The fraction of sp³-hybridized carbons (Fsp3) is 0.909. The Morgan fingerprint density at radius 2 is 2.07 bits per heavy atom. The van der Waals surface area contributed by atoms with Gasteiger partial charge in [-0.05, 0) is 26.7 Å². The molecular formula is C11H20N2O2. The van der Waals surface area contributed by atoms with Crippen molar-refractivity contribution in [3.63, 3.8) is 0 Å². The van der Waals surface area contributed by atoms with Gasteiger partial charge < -0.3 is 10.0 Å². The molecule has 1 aliphatic carbocycles. The second kappa shape index (κ2) is 3.46. The van der Waals surface area contributed by atoms with Crippen molar-refractivity contribution in [1.29, 1.82) is 0 Å². The molecule has 1 heterocycles. The van der Waals surface area contributed by atoms with Gasteiger partial charge in [-0.15, -0.1) is 0 Å². The highest BCUT2D eigenvalue weighted by Crippen LogP contribution is 2.34. The van der Waals surface area contributed by atoms with Crippen LogP contribution in [0.15, 0.2) is 0 Å². The second-order valence-corrected chi connectivity index (χ2v) is 5.31. The number of hydrogen-bond acceptors (Lipinski definition) is 3. The minimum Gasteiger partial charge on any atom is -0.394 e. The number of likely N-dealkylation sites (N-methyl/N-ethyl adjacent to an activating group) is 1. The molecule has 2 rings (SSSR count). The highest BCUT2D eigenvalue weighted by atomic mass is 16.3. The maximum Gasteiger partial charge on any atom is 0.242 e. The minimum atomic E-state index is -0.310. The Bertz CT molecular complexity index is 274. The van der Waals surface area contributed by atoms with Crippen molar-refractivity contribution in [2.24, 2.45) is 0 Å². The van der Waals surface area contributed by atoms with Gasteiger partial charge in [0.05, 0.1) is 6.61 Å². The summed E-state index contributed by atoms with van der Waals surface area (Å²) in [5.41, 5.74) is -0.120. The molecule has 0 bridgehead atoms. The van der Waals surface area contributed by atoms with Crippen LogP contribution in [0.3, 0.4) is 0 Å². The van der Waals surface area contributed by atoms with E-state index in [0.29, 0.717) is 6.04 Å². The highest BCUT2D eigenvalue weighted by molar-refractivity contribution is 5.83. The number of hydrogen-bond donors (Lipinski definition) is 1. The number of rotatable bonds is 2. The molecule has 2 fully saturated rings. The topological polar surface area (TPSA) is 43.8 Å². The number of amides is 1. The summed E-state index contributed by atoms with van der Waals surface area (Å²) in [5, 5.41) is 9.31. The third-order valence-electron chi connectivity index (χ3n) is 3.68. The molecule has 0 aromatic heterocycles. The van der Waals surface area contributed by atoms with Crippen LogP contribution < -0.4 is 0 Å². The van der Waals surface area contributed by atoms with Crippen LogP contribution >= 0.6 is 0 Å². The zero-order chi connectivity index (χ0) is 11.2. The van der Waals surface area contributed by atoms with Crippen LogP contribution in [0.1, 0.15) is 26.7 Å². The zero-order valence-corrected chi connectivity index (χ0v) is 9.73. The summed E-state index contributed by atoms with van der Waals surface area (Å²) in [6.07, 6.45) is 2.34. The molecule has 2 aliphatic rings. The molecule has 1 N–H and O–H groups in total. The Labute approximate surface area is 90.9 Å². The van der Waals surface area contributed by atoms with Crippen molar-refractivity contribution in [2.45, 2.75) is 44.3 Å². The van der Waals surface area contributed by atoms with Gasteiger partial charge in [-0.3, -0.25) is 9.69 Å². The van der Waals surface area contributed by atoms with Gasteiger partial charge in [0.2, 0.25) is 5.91 Å². The van der Waals surface area contributed by atoms with Crippen LogP contribution in [-0.4, -0.2) is 58.6 Å². The highest BCUT2D eigenvalue weighted by Gasteiger charge is 2.47. The Kier molecular flexibility index (Phi) is 2.51. The average Bonchev–Trinajstić information content (AvgIpc) is 2.97. The van der Waals surface area contributed by atoms with Crippen molar-refractivity contribution in [3.8, 4) is 0 Å². The normalized spacial score (nSPS) is 32.1. The van der Waals surface area contributed by atoms with Gasteiger partial charge in [0.1, 0.15) is 6.04 Å². The van der Waals surface area contributed by atoms with Crippen LogP contribution in [0, 0.1) is 0 Å². The van der Waals surface area contributed by atoms with E-state index < -0.39 is 0 Å². The van der Waals surface area contributed by atoms with E-state index in [0.717, 1.165) is 6.54 Å². The van der Waals surface area contributed by atoms with E-state index in [1.807, 2.05) is 7.05 Å². The summed E-state index contributed by atoms with van der Waals surface area (Å²) >= 11 is 0. The summed E-state index contributed by atoms with van der Waals surface area (Å²) in [4.78, 5) is 16.0. The molecule has 1 atom stereocenters. The maximum atomic E-state index is 12.0. The summed E-state index contributed by atoms with van der Waals surface area (Å²) in [7, 11) is 1.83. The smallest absolute Gasteiger partial charge is 0.242 e. The van der Waals surface area contributed by atoms with Crippen LogP contribution in [0.5, 0.6) is 0 Å². The van der Waals surface area contributed by atoms with E-state index in [4.69, 9.17) is 0 Å². The quantitative estimate of drug-likeness (QED) is 0.704. The van der Waals surface area contributed by atoms with E-state index in [2.05, 4.69) is 18.7 Å². The van der Waals surface area contributed by atoms with Crippen molar-refractivity contribution in [1.82, 2.24) is 9.80 Å². The molecule has 0 aromatic carbocycles. The first-order valence-corrected chi connectivity index (χ1v) is 5.61. The van der Waals surface area contributed by atoms with Gasteiger partial charge in [-0.2, -0.15) is 0 Å². The lowest BCUT2D eigenvalue weighted by Gasteiger charge is -2.48. The van der Waals surface area contributed by atoms with Gasteiger partial charge in [0.15, 0.2) is 0 Å². The molecule has 1 saturated heterocycles. The number of carbonyl (C=O) groups is 1. The van der Waals surface area contributed by atoms with Crippen molar-refractivity contribution in [2.75, 3.05) is 20.2 Å². The first kappa shape index (κ1) is 10.9. The summed E-state index contributed by atoms with van der Waals surface area (Å²) in [5.74, 6) is 0.0562. The number of aliphatic hydroxyl groups excluding tert-OH is 1. The molecule has 4 heteroatoms. The Morgan fingerprint density at radius 1 is 1.47 bits per heavy atom. The standard InChI is InChI=1S/C11H20N2O2/c1-11(2)7-13(8-4-5-8)9(6-14)10(15)12(11)3/h8-9,14H,4-7H2,1-3H3. The number of piperazine rings is 1. The van der Waals surface area contributed by atoms with E-state index >= 15 is 0 Å². The average molecular weight is 212 g/mol. The first-order chi connectivity index (χ1) is 6.97. The second-order valence-electron chi connectivity index (χ2n) is 5.31. The third kappa shape index (κ3) is 1.76. The van der Waals surface area contributed by atoms with Crippen LogP contribution in [0.2, 0.25) is 0 Å². The monoisotopic (exact) mass is 212 g/mol. The van der Waals surface area contributed by atoms with Crippen LogP contribution in [0.25, 0.3) is 0 Å². The van der Waals surface area contributed by atoms with Gasteiger partial charge in [0.25, 0.3) is 0 Å². The third-order valence-corrected chi connectivity index (χ3v) is 3.68. The predicted molar refractivity (Wildman–Crippen MR) is 57.5 cm³/mol. The molecule has 15 heavy (non-hydrogen) atoms. The summed E-state index contributed by atoms with van der Waals surface area (Å²) < 4.78 is 0. The van der Waals surface area contributed by atoms with Crippen molar-refractivity contribution < 1.29 is 9.90 Å². The van der Waals surface area contributed by atoms with Crippen LogP contribution in [0.4, 0.5) is 0 Å². The largest absolute Gasteiger partial charge is 0.394 e. The summed E-state index contributed by atoms with van der Waals surface area (Å²) in [6.45, 7) is 4.96. The molecule has 0 radical (unpaired) electrons. The number of carbonyl (C=O) groups excluding carboxylic acids is 1. The lowest BCUT2D eigenvalue weighted by molar-refractivity contribution is -0.151.